The summed E-state index contributed by atoms with van der Waals surface area (Å²) < 4.78 is 5.60. The van der Waals surface area contributed by atoms with Crippen LogP contribution in [-0.4, -0.2) is 17.0 Å². The topological polar surface area (TPSA) is 65.2 Å². The van der Waals surface area contributed by atoms with Crippen LogP contribution in [0.4, 0.5) is 0 Å². The highest BCUT2D eigenvalue weighted by Gasteiger charge is 2.25. The molecule has 1 heterocycles. The van der Waals surface area contributed by atoms with E-state index in [-0.39, 0.29) is 11.8 Å². The average molecular weight is 206 g/mol. The van der Waals surface area contributed by atoms with Gasteiger partial charge in [0.25, 0.3) is 5.91 Å². The van der Waals surface area contributed by atoms with Gasteiger partial charge < -0.3 is 10.5 Å². The van der Waals surface area contributed by atoms with Crippen molar-refractivity contribution in [2.75, 3.05) is 0 Å². The van der Waals surface area contributed by atoms with Crippen LogP contribution in [0, 0.1) is 0 Å². The molecule has 80 valence electrons. The zero-order chi connectivity index (χ0) is 10.8. The zero-order valence-electron chi connectivity index (χ0n) is 8.69. The molecule has 2 N–H and O–H groups in total. The first-order chi connectivity index (χ1) is 7.20. The van der Waals surface area contributed by atoms with E-state index in [0.29, 0.717) is 5.75 Å². The van der Waals surface area contributed by atoms with Gasteiger partial charge in [0.1, 0.15) is 0 Å². The van der Waals surface area contributed by atoms with E-state index in [1.807, 2.05) is 13.0 Å². The van der Waals surface area contributed by atoms with E-state index in [2.05, 4.69) is 4.98 Å². The van der Waals surface area contributed by atoms with Crippen LogP contribution in [0.2, 0.25) is 0 Å². The number of ether oxygens (including phenoxy) is 1. The number of pyridine rings is 1. The van der Waals surface area contributed by atoms with Crippen LogP contribution >= 0.6 is 0 Å². The van der Waals surface area contributed by atoms with Gasteiger partial charge >= 0.3 is 0 Å². The molecule has 0 saturated heterocycles. The fraction of sp³-hybridized carbons (Fsp3) is 0.455. The Balaban J connectivity index is 2.30. The van der Waals surface area contributed by atoms with E-state index < -0.39 is 5.91 Å². The standard InChI is InChI=1S/C11H14N2O2/c1-2-7-5-9(15-8-3-4-8)10(11(12)14)13-6-7/h5-6,8H,2-4H2,1H3,(H2,12,14). The third kappa shape index (κ3) is 2.26. The van der Waals surface area contributed by atoms with Crippen molar-refractivity contribution in [3.05, 3.63) is 23.5 Å². The minimum atomic E-state index is -0.534. The van der Waals surface area contributed by atoms with Crippen molar-refractivity contribution in [1.82, 2.24) is 4.98 Å². The molecule has 1 fully saturated rings. The Kier molecular flexibility index (Phi) is 2.58. The lowest BCUT2D eigenvalue weighted by atomic mass is 10.2. The van der Waals surface area contributed by atoms with Gasteiger partial charge in [-0.25, -0.2) is 4.98 Å². The highest BCUT2D eigenvalue weighted by Crippen LogP contribution is 2.28. The number of aryl methyl sites for hydroxylation is 1. The van der Waals surface area contributed by atoms with Gasteiger partial charge in [-0.3, -0.25) is 4.79 Å². The van der Waals surface area contributed by atoms with Crippen LogP contribution < -0.4 is 10.5 Å². The Bertz CT molecular complexity index is 386. The summed E-state index contributed by atoms with van der Waals surface area (Å²) in [6, 6.07) is 1.85. The van der Waals surface area contributed by atoms with Crippen molar-refractivity contribution in [3.63, 3.8) is 0 Å². The number of nitrogens with two attached hydrogens (primary N) is 1. The highest BCUT2D eigenvalue weighted by molar-refractivity contribution is 5.93. The highest BCUT2D eigenvalue weighted by atomic mass is 16.5. The second kappa shape index (κ2) is 3.88. The van der Waals surface area contributed by atoms with Gasteiger partial charge in [-0.1, -0.05) is 6.92 Å². The number of aromatic nitrogens is 1. The number of carbonyl (C=O) groups excluding carboxylic acids is 1. The first-order valence-electron chi connectivity index (χ1n) is 5.16. The molecule has 0 bridgehead atoms. The van der Waals surface area contributed by atoms with Gasteiger partial charge in [0.05, 0.1) is 6.10 Å². The number of amides is 1. The quantitative estimate of drug-likeness (QED) is 0.807. The van der Waals surface area contributed by atoms with Crippen LogP contribution in [0.15, 0.2) is 12.3 Å². The number of primary amides is 1. The summed E-state index contributed by atoms with van der Waals surface area (Å²) in [7, 11) is 0. The van der Waals surface area contributed by atoms with Crippen LogP contribution in [0.25, 0.3) is 0 Å². The zero-order valence-corrected chi connectivity index (χ0v) is 8.69. The third-order valence-electron chi connectivity index (χ3n) is 2.37. The molecule has 0 aliphatic heterocycles. The van der Waals surface area contributed by atoms with E-state index >= 15 is 0 Å². The SMILES string of the molecule is CCc1cnc(C(N)=O)c(OC2CC2)c1. The second-order valence-corrected chi connectivity index (χ2v) is 3.73. The molecule has 1 saturated carbocycles. The molecule has 1 aromatic rings. The summed E-state index contributed by atoms with van der Waals surface area (Å²) in [5, 5.41) is 0. The van der Waals surface area contributed by atoms with Gasteiger partial charge in [-0.05, 0) is 30.9 Å². The lowest BCUT2D eigenvalue weighted by Crippen LogP contribution is -2.16. The van der Waals surface area contributed by atoms with Gasteiger partial charge in [0.15, 0.2) is 11.4 Å². The van der Waals surface area contributed by atoms with E-state index in [4.69, 9.17) is 10.5 Å². The molecule has 1 amide bonds. The molecule has 1 aromatic heterocycles. The van der Waals surface area contributed by atoms with Gasteiger partial charge in [0.2, 0.25) is 0 Å². The van der Waals surface area contributed by atoms with Crippen molar-refractivity contribution in [2.45, 2.75) is 32.3 Å². The van der Waals surface area contributed by atoms with Crippen LogP contribution in [-0.2, 0) is 6.42 Å². The van der Waals surface area contributed by atoms with Gasteiger partial charge in [-0.15, -0.1) is 0 Å². The van der Waals surface area contributed by atoms with Crippen molar-refractivity contribution in [3.8, 4) is 5.75 Å². The predicted octanol–water partition coefficient (Wildman–Crippen LogP) is 1.28. The Morgan fingerprint density at radius 1 is 1.67 bits per heavy atom. The molecule has 0 aromatic carbocycles. The molecule has 1 aliphatic carbocycles. The number of nitrogens with zero attached hydrogens (tertiary/aromatic N) is 1. The Morgan fingerprint density at radius 3 is 2.93 bits per heavy atom. The lowest BCUT2D eigenvalue weighted by molar-refractivity contribution is 0.0991. The van der Waals surface area contributed by atoms with Crippen LogP contribution in [0.1, 0.15) is 35.8 Å². The minimum absolute atomic E-state index is 0.235. The number of hydrogen-bond donors (Lipinski definition) is 1. The summed E-state index contributed by atoms with van der Waals surface area (Å²) in [5.41, 5.74) is 6.51. The van der Waals surface area contributed by atoms with Crippen molar-refractivity contribution in [1.29, 1.82) is 0 Å². The van der Waals surface area contributed by atoms with Crippen LogP contribution in [0.3, 0.4) is 0 Å². The van der Waals surface area contributed by atoms with Gasteiger partial charge in [-0.2, -0.15) is 0 Å². The van der Waals surface area contributed by atoms with Crippen molar-refractivity contribution in [2.24, 2.45) is 5.73 Å². The average Bonchev–Trinajstić information content (AvgIpc) is 3.01. The Morgan fingerprint density at radius 2 is 2.40 bits per heavy atom. The molecular formula is C11H14N2O2. The monoisotopic (exact) mass is 206 g/mol. The maximum absolute atomic E-state index is 11.1. The first-order valence-corrected chi connectivity index (χ1v) is 5.16. The van der Waals surface area contributed by atoms with Gasteiger partial charge in [0, 0.05) is 6.20 Å². The first kappa shape index (κ1) is 9.96. The number of carbonyl (C=O) groups is 1. The summed E-state index contributed by atoms with van der Waals surface area (Å²) in [6.07, 6.45) is 4.88. The van der Waals surface area contributed by atoms with E-state index in [1.165, 1.54) is 0 Å². The van der Waals surface area contributed by atoms with Crippen molar-refractivity contribution < 1.29 is 9.53 Å². The fourth-order valence-corrected chi connectivity index (χ4v) is 1.32. The molecule has 0 unspecified atom stereocenters. The van der Waals surface area contributed by atoms with Crippen molar-refractivity contribution >= 4 is 5.91 Å². The third-order valence-corrected chi connectivity index (χ3v) is 2.37. The maximum Gasteiger partial charge on any atom is 0.271 e. The molecule has 2 rings (SSSR count). The van der Waals surface area contributed by atoms with E-state index in [9.17, 15) is 4.79 Å². The van der Waals surface area contributed by atoms with E-state index in [1.54, 1.807) is 6.20 Å². The number of hydrogen-bond acceptors (Lipinski definition) is 3. The Hall–Kier alpha value is -1.58. The summed E-state index contributed by atoms with van der Waals surface area (Å²) in [4.78, 5) is 15.1. The Labute approximate surface area is 88.4 Å². The molecule has 4 nitrogen and oxygen atoms in total. The molecule has 0 spiro atoms. The van der Waals surface area contributed by atoms with Crippen LogP contribution in [0.5, 0.6) is 5.75 Å². The molecule has 0 atom stereocenters. The predicted molar refractivity (Wildman–Crippen MR) is 55.8 cm³/mol. The summed E-state index contributed by atoms with van der Waals surface area (Å²) in [5.74, 6) is -0.00217. The summed E-state index contributed by atoms with van der Waals surface area (Å²) >= 11 is 0. The molecular weight excluding hydrogens is 192 g/mol. The smallest absolute Gasteiger partial charge is 0.271 e. The lowest BCUT2D eigenvalue weighted by Gasteiger charge is -2.08. The molecule has 0 radical (unpaired) electrons. The molecule has 4 heteroatoms. The molecule has 1 aliphatic rings. The number of rotatable bonds is 4. The second-order valence-electron chi connectivity index (χ2n) is 3.73. The molecule has 15 heavy (non-hydrogen) atoms. The fourth-order valence-electron chi connectivity index (χ4n) is 1.32. The largest absolute Gasteiger partial charge is 0.488 e. The summed E-state index contributed by atoms with van der Waals surface area (Å²) in [6.45, 7) is 2.03. The van der Waals surface area contributed by atoms with E-state index in [0.717, 1.165) is 24.8 Å². The normalized spacial score (nSPS) is 15.0. The minimum Gasteiger partial charge on any atom is -0.488 e. The maximum atomic E-state index is 11.1.